The number of unbranched alkanes of at least 4 members (excludes halogenated alkanes) is 3. The van der Waals surface area contributed by atoms with Gasteiger partial charge in [0.2, 0.25) is 17.7 Å². The highest BCUT2D eigenvalue weighted by Gasteiger charge is 2.75. The van der Waals surface area contributed by atoms with Crippen LogP contribution in [-0.2, 0) is 14.4 Å². The fourth-order valence-corrected chi connectivity index (χ4v) is 9.61. The first kappa shape index (κ1) is 28.3. The maximum atomic E-state index is 14.1. The number of hydrogen-bond donors (Lipinski definition) is 1. The van der Waals surface area contributed by atoms with Gasteiger partial charge in [0.15, 0.2) is 0 Å². The SMILES string of the molecule is C=CCN(C)C(=O)[C@H]1[C@@H]2SC3(CC2Br)C(C(=O)N(CC=C)CCCC)N(CCCCCO)C(=O)[C@H]13. The van der Waals surface area contributed by atoms with Gasteiger partial charge in [0, 0.05) is 49.9 Å². The summed E-state index contributed by atoms with van der Waals surface area (Å²) in [6.45, 7) is 11.8. The van der Waals surface area contributed by atoms with Crippen LogP contribution in [0.3, 0.4) is 0 Å². The van der Waals surface area contributed by atoms with Crippen LogP contribution in [-0.4, -0.2) is 98.2 Å². The number of hydrogen-bond acceptors (Lipinski definition) is 5. The number of likely N-dealkylation sites (tertiary alicyclic amines) is 1. The van der Waals surface area contributed by atoms with Crippen molar-refractivity contribution in [3.8, 4) is 0 Å². The first-order chi connectivity index (χ1) is 16.8. The summed E-state index contributed by atoms with van der Waals surface area (Å²) in [4.78, 5) is 47.0. The van der Waals surface area contributed by atoms with Crippen molar-refractivity contribution in [2.75, 3.05) is 39.8 Å². The molecule has 3 unspecified atom stereocenters. The largest absolute Gasteiger partial charge is 0.396 e. The predicted molar refractivity (Wildman–Crippen MR) is 144 cm³/mol. The van der Waals surface area contributed by atoms with Gasteiger partial charge in [0.05, 0.1) is 16.6 Å². The molecule has 0 aromatic heterocycles. The minimum atomic E-state index is -0.620. The van der Waals surface area contributed by atoms with E-state index in [2.05, 4.69) is 36.0 Å². The van der Waals surface area contributed by atoms with Gasteiger partial charge in [-0.3, -0.25) is 14.4 Å². The van der Waals surface area contributed by atoms with Crippen LogP contribution in [0.1, 0.15) is 45.4 Å². The zero-order valence-electron chi connectivity index (χ0n) is 21.0. The van der Waals surface area contributed by atoms with Gasteiger partial charge in [-0.25, -0.2) is 0 Å². The topological polar surface area (TPSA) is 81.2 Å². The van der Waals surface area contributed by atoms with E-state index in [4.69, 9.17) is 0 Å². The van der Waals surface area contributed by atoms with Crippen molar-refractivity contribution in [1.29, 1.82) is 0 Å². The van der Waals surface area contributed by atoms with E-state index in [9.17, 15) is 19.5 Å². The molecule has 35 heavy (non-hydrogen) atoms. The summed E-state index contributed by atoms with van der Waals surface area (Å²) >= 11 is 5.49. The Morgan fingerprint density at radius 1 is 1.20 bits per heavy atom. The fourth-order valence-electron chi connectivity index (χ4n) is 6.01. The van der Waals surface area contributed by atoms with Gasteiger partial charge in [0.25, 0.3) is 0 Å². The molecule has 3 saturated heterocycles. The van der Waals surface area contributed by atoms with Crippen molar-refractivity contribution in [2.24, 2.45) is 11.8 Å². The summed E-state index contributed by atoms with van der Waals surface area (Å²) in [5.41, 5.74) is 0. The zero-order chi connectivity index (χ0) is 25.8. The molecule has 3 amide bonds. The predicted octanol–water partition coefficient (Wildman–Crippen LogP) is 3.07. The highest BCUT2D eigenvalue weighted by atomic mass is 79.9. The Hall–Kier alpha value is -1.32. The van der Waals surface area contributed by atoms with Crippen molar-refractivity contribution in [2.45, 2.75) is 66.3 Å². The van der Waals surface area contributed by atoms with E-state index in [1.165, 1.54) is 0 Å². The third kappa shape index (κ3) is 5.23. The minimum absolute atomic E-state index is 0.0308. The molecular formula is C26H40BrN3O4S. The van der Waals surface area contributed by atoms with E-state index >= 15 is 0 Å². The molecule has 6 atom stereocenters. The van der Waals surface area contributed by atoms with Crippen LogP contribution in [0.15, 0.2) is 25.3 Å². The summed E-state index contributed by atoms with van der Waals surface area (Å²) in [6, 6.07) is -0.594. The Kier molecular flexibility index (Phi) is 9.91. The monoisotopic (exact) mass is 569 g/mol. The fraction of sp³-hybridized carbons (Fsp3) is 0.731. The molecule has 3 rings (SSSR count). The maximum Gasteiger partial charge on any atom is 0.247 e. The van der Waals surface area contributed by atoms with Crippen LogP contribution in [0.25, 0.3) is 0 Å². The maximum absolute atomic E-state index is 14.1. The average molecular weight is 571 g/mol. The normalized spacial score (nSPS) is 30.9. The standard InChI is InChI=1S/C26H40BrN3O4S/c1-5-8-14-29(13-7-3)25(34)22-26-17-18(27)21(35-26)19(23(32)28(4)12-6-2)20(26)24(33)30(22)15-10-9-11-16-31/h6-7,18-22,31H,2-3,5,8-17H2,1,4H3/t18?,19-,20+,21-,22?,26?/m1/s1. The van der Waals surface area contributed by atoms with E-state index in [0.29, 0.717) is 39.0 Å². The van der Waals surface area contributed by atoms with E-state index in [0.717, 1.165) is 25.7 Å². The summed E-state index contributed by atoms with van der Waals surface area (Å²) in [5, 5.41) is 9.15. The summed E-state index contributed by atoms with van der Waals surface area (Å²) in [6.07, 6.45) is 8.15. The van der Waals surface area contributed by atoms with Crippen molar-refractivity contribution >= 4 is 45.4 Å². The van der Waals surface area contributed by atoms with E-state index in [1.54, 1.807) is 40.8 Å². The number of carbonyl (C=O) groups is 3. The Morgan fingerprint density at radius 3 is 2.54 bits per heavy atom. The van der Waals surface area contributed by atoms with Crippen LogP contribution in [0.5, 0.6) is 0 Å². The highest BCUT2D eigenvalue weighted by Crippen LogP contribution is 2.68. The van der Waals surface area contributed by atoms with E-state index in [1.807, 2.05) is 4.90 Å². The van der Waals surface area contributed by atoms with Gasteiger partial charge >= 0.3 is 0 Å². The molecule has 9 heteroatoms. The van der Waals surface area contributed by atoms with Crippen LogP contribution >= 0.6 is 27.7 Å². The third-order valence-corrected chi connectivity index (χ3v) is 10.8. The average Bonchev–Trinajstić information content (AvgIpc) is 3.42. The molecule has 0 aromatic carbocycles. The number of amides is 3. The molecule has 196 valence electrons. The quantitative estimate of drug-likeness (QED) is 0.197. The van der Waals surface area contributed by atoms with Gasteiger partial charge in [0.1, 0.15) is 6.04 Å². The minimum Gasteiger partial charge on any atom is -0.396 e. The van der Waals surface area contributed by atoms with Crippen LogP contribution in [0, 0.1) is 11.8 Å². The first-order valence-corrected chi connectivity index (χ1v) is 14.6. The molecule has 2 bridgehead atoms. The molecule has 3 aliphatic heterocycles. The number of aliphatic hydroxyl groups is 1. The van der Waals surface area contributed by atoms with Gasteiger partial charge in [-0.05, 0) is 32.1 Å². The van der Waals surface area contributed by atoms with Crippen molar-refractivity contribution in [1.82, 2.24) is 14.7 Å². The van der Waals surface area contributed by atoms with Crippen LogP contribution in [0.4, 0.5) is 0 Å². The van der Waals surface area contributed by atoms with Gasteiger partial charge in [-0.1, -0.05) is 41.4 Å². The summed E-state index contributed by atoms with van der Waals surface area (Å²) < 4.78 is -0.620. The van der Waals surface area contributed by atoms with Gasteiger partial charge in [-0.2, -0.15) is 0 Å². The zero-order valence-corrected chi connectivity index (χ0v) is 23.4. The summed E-state index contributed by atoms with van der Waals surface area (Å²) in [5.74, 6) is -1.11. The number of halogens is 1. The van der Waals surface area contributed by atoms with Crippen molar-refractivity contribution < 1.29 is 19.5 Å². The molecule has 3 aliphatic rings. The van der Waals surface area contributed by atoms with Crippen molar-refractivity contribution in [3.63, 3.8) is 0 Å². The molecule has 3 heterocycles. The number of rotatable bonds is 14. The molecule has 0 radical (unpaired) electrons. The molecule has 7 nitrogen and oxygen atoms in total. The van der Waals surface area contributed by atoms with Crippen LogP contribution in [0.2, 0.25) is 0 Å². The lowest BCUT2D eigenvalue weighted by Gasteiger charge is -2.38. The number of carbonyl (C=O) groups excluding carboxylic acids is 3. The Balaban J connectivity index is 2.00. The van der Waals surface area contributed by atoms with Gasteiger partial charge in [-0.15, -0.1) is 24.9 Å². The van der Waals surface area contributed by atoms with Crippen LogP contribution < -0.4 is 0 Å². The molecule has 0 aromatic rings. The second kappa shape index (κ2) is 12.3. The number of thioether (sulfide) groups is 1. The summed E-state index contributed by atoms with van der Waals surface area (Å²) in [7, 11) is 1.75. The molecule has 3 fully saturated rings. The highest BCUT2D eigenvalue weighted by molar-refractivity contribution is 9.09. The molecule has 1 spiro atoms. The lowest BCUT2D eigenvalue weighted by atomic mass is 9.70. The lowest BCUT2D eigenvalue weighted by Crippen LogP contribution is -2.56. The third-order valence-electron chi connectivity index (χ3n) is 7.59. The molecule has 1 N–H and O–H groups in total. The van der Waals surface area contributed by atoms with Crippen molar-refractivity contribution in [3.05, 3.63) is 25.3 Å². The Morgan fingerprint density at radius 2 is 1.91 bits per heavy atom. The van der Waals surface area contributed by atoms with E-state index < -0.39 is 22.6 Å². The first-order valence-electron chi connectivity index (χ1n) is 12.8. The smallest absolute Gasteiger partial charge is 0.247 e. The van der Waals surface area contributed by atoms with Gasteiger partial charge < -0.3 is 19.8 Å². The second-order valence-electron chi connectivity index (χ2n) is 9.91. The Bertz CT molecular complexity index is 826. The second-order valence-corrected chi connectivity index (χ2v) is 12.6. The lowest BCUT2D eigenvalue weighted by molar-refractivity contribution is -0.144. The Labute approximate surface area is 222 Å². The molecule has 0 saturated carbocycles. The molecule has 0 aliphatic carbocycles. The molecular weight excluding hydrogens is 530 g/mol. The number of alkyl halides is 1. The number of likely N-dealkylation sites (N-methyl/N-ethyl adjacent to an activating group) is 1. The number of nitrogens with zero attached hydrogens (tertiary/aromatic N) is 3. The van der Waals surface area contributed by atoms with E-state index in [-0.39, 0.29) is 34.4 Å². The number of fused-ring (bicyclic) bond motifs is 1. The number of aliphatic hydroxyl groups excluding tert-OH is 1.